The number of rotatable bonds is 2. The highest BCUT2D eigenvalue weighted by atomic mass is 16.6. The molecule has 12 atom stereocenters. The van der Waals surface area contributed by atoms with Crippen LogP contribution in [-0.4, -0.2) is 69.8 Å². The lowest BCUT2D eigenvalue weighted by molar-refractivity contribution is -0.255. The average molecular weight is 559 g/mol. The van der Waals surface area contributed by atoms with Crippen molar-refractivity contribution >= 4 is 17.9 Å². The van der Waals surface area contributed by atoms with E-state index in [1.54, 1.807) is 6.92 Å². The zero-order chi connectivity index (χ0) is 28.6. The van der Waals surface area contributed by atoms with Gasteiger partial charge in [-0.2, -0.15) is 0 Å². The molecule has 4 aliphatic heterocycles. The van der Waals surface area contributed by atoms with Crippen molar-refractivity contribution in [2.24, 2.45) is 29.1 Å². The molecular formula is C31H42O9. The second kappa shape index (κ2) is 8.10. The summed E-state index contributed by atoms with van der Waals surface area (Å²) in [5.74, 6) is -1.11. The summed E-state index contributed by atoms with van der Waals surface area (Å²) < 4.78 is 31.5. The fourth-order valence-electron chi connectivity index (χ4n) is 11.0. The Labute approximate surface area is 235 Å². The normalized spacial score (nSPS) is 53.8. The first-order chi connectivity index (χ1) is 18.7. The zero-order valence-corrected chi connectivity index (χ0v) is 24.4. The van der Waals surface area contributed by atoms with Crippen LogP contribution in [0.25, 0.3) is 0 Å². The monoisotopic (exact) mass is 558 g/mol. The minimum Gasteiger partial charge on any atom is -0.462 e. The highest BCUT2D eigenvalue weighted by Gasteiger charge is 2.79. The summed E-state index contributed by atoms with van der Waals surface area (Å²) in [6, 6.07) is 0. The molecule has 2 spiro atoms. The molecule has 7 rings (SSSR count). The van der Waals surface area contributed by atoms with E-state index in [2.05, 4.69) is 27.7 Å². The third kappa shape index (κ3) is 3.17. The number of hydrogen-bond donors (Lipinski definition) is 1. The van der Waals surface area contributed by atoms with Crippen molar-refractivity contribution in [2.45, 2.75) is 133 Å². The molecule has 9 nitrogen and oxygen atoms in total. The fourth-order valence-corrected chi connectivity index (χ4v) is 11.0. The summed E-state index contributed by atoms with van der Waals surface area (Å²) in [4.78, 5) is 37.3. The molecule has 40 heavy (non-hydrogen) atoms. The molecule has 1 N–H and O–H groups in total. The van der Waals surface area contributed by atoms with Gasteiger partial charge in [0.1, 0.15) is 30.0 Å². The topological polar surface area (TPSA) is 118 Å². The third-order valence-corrected chi connectivity index (χ3v) is 12.5. The molecule has 0 aromatic rings. The molecule has 4 heterocycles. The third-order valence-electron chi connectivity index (χ3n) is 12.5. The van der Waals surface area contributed by atoms with Crippen LogP contribution in [0.5, 0.6) is 0 Å². The molecule has 3 saturated carbocycles. The summed E-state index contributed by atoms with van der Waals surface area (Å²) in [7, 11) is 0. The molecule has 0 bridgehead atoms. The maximum absolute atomic E-state index is 12.7. The second-order valence-corrected chi connectivity index (χ2v) is 14.6. The van der Waals surface area contributed by atoms with Crippen molar-refractivity contribution in [2.75, 3.05) is 0 Å². The van der Waals surface area contributed by atoms with Crippen molar-refractivity contribution in [3.05, 3.63) is 11.6 Å². The molecule has 12 unspecified atom stereocenters. The Bertz CT molecular complexity index is 1210. The van der Waals surface area contributed by atoms with E-state index in [1.807, 2.05) is 6.08 Å². The van der Waals surface area contributed by atoms with Gasteiger partial charge in [0.2, 0.25) is 0 Å². The first-order valence-corrected chi connectivity index (χ1v) is 15.0. The van der Waals surface area contributed by atoms with E-state index in [1.165, 1.54) is 6.92 Å². The van der Waals surface area contributed by atoms with Crippen LogP contribution in [0, 0.1) is 29.1 Å². The van der Waals surface area contributed by atoms with Crippen LogP contribution < -0.4 is 0 Å². The summed E-state index contributed by atoms with van der Waals surface area (Å²) in [6.07, 6.45) is 3.86. The van der Waals surface area contributed by atoms with E-state index < -0.39 is 40.0 Å². The van der Waals surface area contributed by atoms with E-state index in [0.29, 0.717) is 44.1 Å². The first kappa shape index (κ1) is 26.9. The Hall–Kier alpha value is -1.97. The smallest absolute Gasteiger partial charge is 0.334 e. The highest BCUT2D eigenvalue weighted by molar-refractivity contribution is 5.90. The van der Waals surface area contributed by atoms with Crippen LogP contribution in [0.1, 0.15) is 86.5 Å². The van der Waals surface area contributed by atoms with Crippen LogP contribution in [-0.2, 0) is 38.1 Å². The van der Waals surface area contributed by atoms with Gasteiger partial charge in [-0.3, -0.25) is 9.59 Å². The van der Waals surface area contributed by atoms with Gasteiger partial charge in [-0.25, -0.2) is 4.79 Å². The Morgan fingerprint density at radius 2 is 1.82 bits per heavy atom. The maximum atomic E-state index is 12.7. The van der Waals surface area contributed by atoms with Crippen molar-refractivity contribution < 1.29 is 43.2 Å². The fraction of sp³-hybridized carbons (Fsp3) is 0.839. The van der Waals surface area contributed by atoms with Gasteiger partial charge in [0.05, 0.1) is 23.2 Å². The predicted molar refractivity (Wildman–Crippen MR) is 140 cm³/mol. The summed E-state index contributed by atoms with van der Waals surface area (Å²) in [6.45, 7) is 11.6. The van der Waals surface area contributed by atoms with Gasteiger partial charge in [0.25, 0.3) is 0 Å². The van der Waals surface area contributed by atoms with E-state index in [4.69, 9.17) is 23.7 Å². The Morgan fingerprint density at radius 1 is 1.10 bits per heavy atom. The Morgan fingerprint density at radius 3 is 2.50 bits per heavy atom. The molecule has 3 saturated heterocycles. The molecule has 0 radical (unpaired) electrons. The van der Waals surface area contributed by atoms with Gasteiger partial charge in [0.15, 0.2) is 0 Å². The molecule has 3 aliphatic carbocycles. The van der Waals surface area contributed by atoms with Crippen LogP contribution in [0.4, 0.5) is 0 Å². The molecule has 7 aliphatic rings. The molecule has 6 fully saturated rings. The van der Waals surface area contributed by atoms with Gasteiger partial charge >= 0.3 is 17.9 Å². The van der Waals surface area contributed by atoms with Gasteiger partial charge in [-0.05, 0) is 76.7 Å². The van der Waals surface area contributed by atoms with E-state index in [9.17, 15) is 19.5 Å². The Balaban J connectivity index is 1.31. The van der Waals surface area contributed by atoms with Crippen molar-refractivity contribution in [1.29, 1.82) is 0 Å². The minimum absolute atomic E-state index is 0.0577. The number of ether oxygens (including phenoxy) is 5. The van der Waals surface area contributed by atoms with E-state index >= 15 is 0 Å². The maximum Gasteiger partial charge on any atom is 0.334 e. The van der Waals surface area contributed by atoms with Gasteiger partial charge < -0.3 is 28.8 Å². The Kier molecular flexibility index (Phi) is 5.45. The summed E-state index contributed by atoms with van der Waals surface area (Å²) in [5, 5.41) is 12.7. The molecule has 220 valence electrons. The molecule has 0 aromatic carbocycles. The minimum atomic E-state index is -1.16. The highest BCUT2D eigenvalue weighted by Crippen LogP contribution is 2.73. The second-order valence-electron chi connectivity index (χ2n) is 14.6. The molecule has 0 amide bonds. The van der Waals surface area contributed by atoms with Gasteiger partial charge in [0, 0.05) is 30.3 Å². The lowest BCUT2D eigenvalue weighted by atomic mass is 9.51. The number of fused-ring (bicyclic) bond motifs is 2. The largest absolute Gasteiger partial charge is 0.462 e. The standard InChI is InChI=1S/C31H42O9/c1-15-11-19(37-26(15)34)25-16(2)18-12-22(36-17(3)32)28(6)21-8-7-20-27(4,5)38-23-13-24(33)39-30(20,23)14-29(21,35)9-10-31(18,28)40-25/h11,16,18-23,25,35H,7-10,12-14H2,1-6H3. The van der Waals surface area contributed by atoms with Crippen molar-refractivity contribution in [3.8, 4) is 0 Å². The van der Waals surface area contributed by atoms with E-state index in [0.717, 1.165) is 0 Å². The number of carbonyl (C=O) groups excluding carboxylic acids is 3. The molecule has 9 heteroatoms. The number of esters is 3. The van der Waals surface area contributed by atoms with Crippen molar-refractivity contribution in [3.63, 3.8) is 0 Å². The molecular weight excluding hydrogens is 516 g/mol. The summed E-state index contributed by atoms with van der Waals surface area (Å²) >= 11 is 0. The van der Waals surface area contributed by atoms with Gasteiger partial charge in [-0.15, -0.1) is 0 Å². The predicted octanol–water partition coefficient (Wildman–Crippen LogP) is 3.39. The molecule has 0 aromatic heterocycles. The number of hydrogen-bond acceptors (Lipinski definition) is 9. The van der Waals surface area contributed by atoms with Gasteiger partial charge in [-0.1, -0.05) is 13.8 Å². The lowest BCUT2D eigenvalue weighted by Crippen LogP contribution is -2.66. The number of carbonyl (C=O) groups is 3. The average Bonchev–Trinajstić information content (AvgIpc) is 3.51. The van der Waals surface area contributed by atoms with Crippen molar-refractivity contribution in [1.82, 2.24) is 0 Å². The number of aliphatic hydroxyl groups is 1. The zero-order valence-electron chi connectivity index (χ0n) is 24.4. The van der Waals surface area contributed by atoms with Crippen LogP contribution in [0.3, 0.4) is 0 Å². The van der Waals surface area contributed by atoms with E-state index in [-0.39, 0.29) is 60.2 Å². The lowest BCUT2D eigenvalue weighted by Gasteiger charge is -2.59. The first-order valence-electron chi connectivity index (χ1n) is 15.0. The van der Waals surface area contributed by atoms with Crippen LogP contribution >= 0.6 is 0 Å². The summed E-state index contributed by atoms with van der Waals surface area (Å²) in [5.41, 5.74) is -3.28. The number of cyclic esters (lactones) is 1. The SMILES string of the molecule is CC(=O)OC1CC2C(C)C(C3C=C(C)C(=O)O3)OC23CCC2(O)CC45OC(=O)CC4OC(C)(C)C5CCC2C13C. The quantitative estimate of drug-likeness (QED) is 0.402. The van der Waals surface area contributed by atoms with Crippen LogP contribution in [0.15, 0.2) is 11.6 Å². The van der Waals surface area contributed by atoms with Crippen LogP contribution in [0.2, 0.25) is 0 Å².